The predicted molar refractivity (Wildman–Crippen MR) is 124 cm³/mol. The van der Waals surface area contributed by atoms with Crippen molar-refractivity contribution in [2.45, 2.75) is 58.0 Å². The SMILES string of the molecule is COc1ccc(C(=O)c2ccccc2C(=O)OCCN2C(C)(C)CCCC2(C)C)c(O)c1. The lowest BCUT2D eigenvalue weighted by molar-refractivity contribution is -0.0402. The lowest BCUT2D eigenvalue weighted by Gasteiger charge is -2.52. The highest BCUT2D eigenvalue weighted by atomic mass is 16.5. The fourth-order valence-corrected chi connectivity index (χ4v) is 4.79. The van der Waals surface area contributed by atoms with Gasteiger partial charge in [0, 0.05) is 29.3 Å². The fourth-order valence-electron chi connectivity index (χ4n) is 4.79. The lowest BCUT2D eigenvalue weighted by atomic mass is 9.80. The number of likely N-dealkylation sites (tertiary alicyclic amines) is 1. The van der Waals surface area contributed by atoms with Crippen LogP contribution in [0.4, 0.5) is 0 Å². The number of benzene rings is 2. The average Bonchev–Trinajstić information content (AvgIpc) is 2.74. The molecule has 32 heavy (non-hydrogen) atoms. The summed E-state index contributed by atoms with van der Waals surface area (Å²) in [4.78, 5) is 28.3. The highest BCUT2D eigenvalue weighted by Crippen LogP contribution is 2.37. The van der Waals surface area contributed by atoms with Crippen molar-refractivity contribution in [1.29, 1.82) is 0 Å². The van der Waals surface area contributed by atoms with E-state index in [4.69, 9.17) is 9.47 Å². The quantitative estimate of drug-likeness (QED) is 0.492. The Bertz CT molecular complexity index is 979. The van der Waals surface area contributed by atoms with Crippen molar-refractivity contribution in [3.05, 3.63) is 59.2 Å². The van der Waals surface area contributed by atoms with Crippen molar-refractivity contribution in [1.82, 2.24) is 4.90 Å². The van der Waals surface area contributed by atoms with Crippen LogP contribution in [0, 0.1) is 0 Å². The normalized spacial score (nSPS) is 17.5. The zero-order chi connectivity index (χ0) is 23.5. The molecule has 0 aliphatic carbocycles. The summed E-state index contributed by atoms with van der Waals surface area (Å²) in [6.07, 6.45) is 3.39. The molecule has 0 aromatic heterocycles. The van der Waals surface area contributed by atoms with Gasteiger partial charge in [0.15, 0.2) is 5.78 Å². The third kappa shape index (κ3) is 4.96. The average molecular weight is 440 g/mol. The van der Waals surface area contributed by atoms with E-state index in [1.807, 2.05) is 0 Å². The summed E-state index contributed by atoms with van der Waals surface area (Å²) in [6, 6.07) is 11.0. The second-order valence-corrected chi connectivity index (χ2v) is 9.52. The minimum absolute atomic E-state index is 0.0356. The first-order chi connectivity index (χ1) is 15.1. The second kappa shape index (κ2) is 9.33. The first-order valence-corrected chi connectivity index (χ1v) is 11.0. The fraction of sp³-hybridized carbons (Fsp3) is 0.462. The van der Waals surface area contributed by atoms with Gasteiger partial charge in [-0.15, -0.1) is 0 Å². The van der Waals surface area contributed by atoms with Crippen LogP contribution in [-0.2, 0) is 4.74 Å². The number of nitrogens with zero attached hydrogens (tertiary/aromatic N) is 1. The number of carbonyl (C=O) groups excluding carboxylic acids is 2. The van der Waals surface area contributed by atoms with Crippen molar-refractivity contribution in [3.8, 4) is 11.5 Å². The molecule has 1 aliphatic rings. The number of carbonyl (C=O) groups is 2. The minimum atomic E-state index is -0.547. The third-order valence-electron chi connectivity index (χ3n) is 6.43. The number of hydrogen-bond donors (Lipinski definition) is 1. The van der Waals surface area contributed by atoms with Crippen LogP contribution in [0.1, 0.15) is 73.2 Å². The molecule has 2 aromatic carbocycles. The molecule has 0 amide bonds. The number of hydrogen-bond acceptors (Lipinski definition) is 6. The summed E-state index contributed by atoms with van der Waals surface area (Å²) in [5.74, 6) is -0.757. The van der Waals surface area contributed by atoms with Crippen LogP contribution in [0.15, 0.2) is 42.5 Å². The first kappa shape index (κ1) is 23.8. The van der Waals surface area contributed by atoms with Gasteiger partial charge in [0.05, 0.1) is 18.2 Å². The molecule has 0 atom stereocenters. The monoisotopic (exact) mass is 439 g/mol. The molecule has 1 saturated heterocycles. The van der Waals surface area contributed by atoms with Crippen LogP contribution in [0.5, 0.6) is 11.5 Å². The van der Waals surface area contributed by atoms with Crippen LogP contribution in [0.3, 0.4) is 0 Å². The van der Waals surface area contributed by atoms with E-state index in [0.717, 1.165) is 12.8 Å². The molecule has 0 saturated carbocycles. The third-order valence-corrected chi connectivity index (χ3v) is 6.43. The summed E-state index contributed by atoms with van der Waals surface area (Å²) in [7, 11) is 1.48. The summed E-state index contributed by atoms with van der Waals surface area (Å²) in [6.45, 7) is 9.77. The zero-order valence-electron chi connectivity index (χ0n) is 19.6. The number of rotatable bonds is 7. The van der Waals surface area contributed by atoms with Crippen molar-refractivity contribution < 1.29 is 24.2 Å². The van der Waals surface area contributed by atoms with E-state index in [9.17, 15) is 14.7 Å². The Labute approximate surface area is 190 Å². The number of ketones is 1. The standard InChI is InChI=1S/C26H33NO5/c1-25(2)13-8-14-26(3,4)27(25)15-16-32-24(30)20-10-7-6-9-19(20)23(29)21-12-11-18(31-5)17-22(21)28/h6-7,9-12,17,28H,8,13-16H2,1-5H3. The molecule has 172 valence electrons. The van der Waals surface area contributed by atoms with Crippen LogP contribution in [0.25, 0.3) is 0 Å². The molecule has 1 N–H and O–H groups in total. The van der Waals surface area contributed by atoms with Gasteiger partial charge in [-0.05, 0) is 65.2 Å². The number of phenolic OH excluding ortho intramolecular Hbond substituents is 1. The van der Waals surface area contributed by atoms with E-state index < -0.39 is 11.8 Å². The molecule has 0 bridgehead atoms. The van der Waals surface area contributed by atoms with Gasteiger partial charge in [0.25, 0.3) is 0 Å². The maximum Gasteiger partial charge on any atom is 0.338 e. The minimum Gasteiger partial charge on any atom is -0.507 e. The topological polar surface area (TPSA) is 76.1 Å². The number of piperidine rings is 1. The maximum absolute atomic E-state index is 13.1. The molecular weight excluding hydrogens is 406 g/mol. The van der Waals surface area contributed by atoms with Gasteiger partial charge < -0.3 is 14.6 Å². The molecule has 2 aromatic rings. The van der Waals surface area contributed by atoms with E-state index in [2.05, 4.69) is 32.6 Å². The van der Waals surface area contributed by atoms with Crippen LogP contribution >= 0.6 is 0 Å². The molecule has 1 aliphatic heterocycles. The molecule has 1 fully saturated rings. The van der Waals surface area contributed by atoms with E-state index in [1.165, 1.54) is 25.7 Å². The van der Waals surface area contributed by atoms with Gasteiger partial charge in [-0.1, -0.05) is 18.2 Å². The molecular formula is C26H33NO5. The van der Waals surface area contributed by atoms with Crippen molar-refractivity contribution in [3.63, 3.8) is 0 Å². The Morgan fingerprint density at radius 2 is 1.59 bits per heavy atom. The Kier molecular flexibility index (Phi) is 6.94. The van der Waals surface area contributed by atoms with Crippen LogP contribution in [-0.4, -0.2) is 53.1 Å². The number of esters is 1. The van der Waals surface area contributed by atoms with Crippen molar-refractivity contribution in [2.24, 2.45) is 0 Å². The Hall–Kier alpha value is -2.86. The lowest BCUT2D eigenvalue weighted by Crippen LogP contribution is -2.59. The van der Waals surface area contributed by atoms with E-state index in [0.29, 0.717) is 12.3 Å². The van der Waals surface area contributed by atoms with Gasteiger partial charge >= 0.3 is 5.97 Å². The van der Waals surface area contributed by atoms with Gasteiger partial charge in [0.1, 0.15) is 18.1 Å². The molecule has 0 radical (unpaired) electrons. The molecule has 3 rings (SSSR count). The van der Waals surface area contributed by atoms with E-state index in [-0.39, 0.29) is 40.1 Å². The number of phenols is 1. The van der Waals surface area contributed by atoms with E-state index >= 15 is 0 Å². The number of ether oxygens (including phenoxy) is 2. The Morgan fingerprint density at radius 3 is 2.19 bits per heavy atom. The molecule has 6 heteroatoms. The smallest absolute Gasteiger partial charge is 0.338 e. The van der Waals surface area contributed by atoms with Gasteiger partial charge in [-0.2, -0.15) is 0 Å². The van der Waals surface area contributed by atoms with Crippen molar-refractivity contribution >= 4 is 11.8 Å². The Balaban J connectivity index is 1.74. The highest BCUT2D eigenvalue weighted by molar-refractivity contribution is 6.15. The largest absolute Gasteiger partial charge is 0.507 e. The summed E-state index contributed by atoms with van der Waals surface area (Å²) in [5.41, 5.74) is 0.548. The molecule has 0 unspecified atom stereocenters. The summed E-state index contributed by atoms with van der Waals surface area (Å²) in [5, 5.41) is 10.2. The van der Waals surface area contributed by atoms with E-state index in [1.54, 1.807) is 30.3 Å². The predicted octanol–water partition coefficient (Wildman–Crippen LogP) is 4.83. The van der Waals surface area contributed by atoms with Gasteiger partial charge in [0.2, 0.25) is 0 Å². The maximum atomic E-state index is 13.1. The van der Waals surface area contributed by atoms with Crippen molar-refractivity contribution in [2.75, 3.05) is 20.3 Å². The summed E-state index contributed by atoms with van der Waals surface area (Å²) < 4.78 is 10.7. The molecule has 0 spiro atoms. The Morgan fingerprint density at radius 1 is 0.969 bits per heavy atom. The molecule has 6 nitrogen and oxygen atoms in total. The summed E-state index contributed by atoms with van der Waals surface area (Å²) >= 11 is 0. The van der Waals surface area contributed by atoms with Gasteiger partial charge in [-0.3, -0.25) is 9.69 Å². The zero-order valence-corrected chi connectivity index (χ0v) is 19.6. The molecule has 1 heterocycles. The van der Waals surface area contributed by atoms with Crippen LogP contribution < -0.4 is 4.74 Å². The van der Waals surface area contributed by atoms with Gasteiger partial charge in [-0.25, -0.2) is 4.79 Å². The number of methoxy groups -OCH3 is 1. The second-order valence-electron chi connectivity index (χ2n) is 9.52. The highest BCUT2D eigenvalue weighted by Gasteiger charge is 2.40. The number of aromatic hydroxyl groups is 1. The first-order valence-electron chi connectivity index (χ1n) is 11.0. The van der Waals surface area contributed by atoms with Crippen LogP contribution in [0.2, 0.25) is 0 Å².